The van der Waals surface area contributed by atoms with E-state index < -0.39 is 12.0 Å². The number of carboxylic acid groups (broad SMARTS) is 1. The van der Waals surface area contributed by atoms with Crippen molar-refractivity contribution in [1.29, 1.82) is 5.39 Å². The van der Waals surface area contributed by atoms with E-state index in [9.17, 15) is 9.90 Å². The number of aliphatic carboxylic acids is 1. The number of carboxylic acids is 1. The van der Waals surface area contributed by atoms with Gasteiger partial charge in [-0.15, -0.1) is 0 Å². The van der Waals surface area contributed by atoms with Crippen molar-refractivity contribution >= 4 is 17.6 Å². The number of phenolic OH excluding ortho intramolecular Hbond substituents is 1. The highest BCUT2D eigenvalue weighted by Gasteiger charge is 2.34. The van der Waals surface area contributed by atoms with Crippen molar-refractivity contribution < 1.29 is 15.0 Å². The molecule has 0 aromatic heterocycles. The fourth-order valence-corrected chi connectivity index (χ4v) is 1.16. The molecule has 0 aliphatic carbocycles. The molecule has 6 heteroatoms. The zero-order chi connectivity index (χ0) is 10.7. The summed E-state index contributed by atoms with van der Waals surface area (Å²) in [5.74, 6) is -1.67. The van der Waals surface area contributed by atoms with Crippen molar-refractivity contribution in [2.24, 2.45) is 0 Å². The van der Waals surface area contributed by atoms with Crippen LogP contribution in [-0.2, 0) is 4.79 Å². The zero-order valence-corrected chi connectivity index (χ0v) is 7.64. The van der Waals surface area contributed by atoms with E-state index in [4.69, 9.17) is 22.1 Å². The topological polar surface area (TPSA) is 85.7 Å². The van der Waals surface area contributed by atoms with Gasteiger partial charge in [0.05, 0.1) is 5.56 Å². The molecule has 2 N–H and O–H groups in total. The molecule has 0 spiro atoms. The Balaban J connectivity index is 3.19. The lowest BCUT2D eigenvalue weighted by Gasteiger charge is -1.99. The minimum Gasteiger partial charge on any atom is -0.507 e. The molecule has 1 unspecified atom stereocenters. The molecular weight excluding hydrogens is 208 g/mol. The number of rotatable bonds is 2. The predicted molar refractivity (Wildman–Crippen MR) is 48.6 cm³/mol. The van der Waals surface area contributed by atoms with Crippen LogP contribution in [0, 0.1) is 5.39 Å². The number of halogens is 1. The Bertz CT molecular complexity index is 414. The summed E-state index contributed by atoms with van der Waals surface area (Å²) >= 11 is 5.54. The third-order valence-electron chi connectivity index (χ3n) is 1.64. The molecule has 1 aromatic rings. The summed E-state index contributed by atoms with van der Waals surface area (Å²) in [4.78, 5) is 13.2. The first-order valence-corrected chi connectivity index (χ1v) is 3.99. The first-order valence-electron chi connectivity index (χ1n) is 3.61. The fraction of sp³-hybridized carbons (Fsp3) is 0.125. The monoisotopic (exact) mass is 213 g/mol. The Labute approximate surface area is 84.2 Å². The average molecular weight is 214 g/mol. The molecule has 0 aliphatic heterocycles. The maximum absolute atomic E-state index is 10.6. The fourth-order valence-electron chi connectivity index (χ4n) is 0.993. The minimum absolute atomic E-state index is 0.00981. The highest BCUT2D eigenvalue weighted by molar-refractivity contribution is 6.30. The molecule has 0 saturated heterocycles. The van der Waals surface area contributed by atoms with Crippen LogP contribution in [-0.4, -0.2) is 16.2 Å². The van der Waals surface area contributed by atoms with Crippen LogP contribution in [0.4, 0.5) is 0 Å². The third-order valence-corrected chi connectivity index (χ3v) is 1.87. The maximum atomic E-state index is 10.6. The second-order valence-electron chi connectivity index (χ2n) is 2.56. The van der Waals surface area contributed by atoms with Gasteiger partial charge >= 0.3 is 12.0 Å². The molecule has 5 nitrogen and oxygen atoms in total. The molecule has 1 atom stereocenters. The second-order valence-corrected chi connectivity index (χ2v) is 3.00. The van der Waals surface area contributed by atoms with E-state index in [0.29, 0.717) is 0 Å². The summed E-state index contributed by atoms with van der Waals surface area (Å²) in [5, 5.41) is 26.7. The summed E-state index contributed by atoms with van der Waals surface area (Å²) in [6, 6.07) is 2.37. The number of carbonyl (C=O) groups is 1. The summed E-state index contributed by atoms with van der Waals surface area (Å²) in [6.45, 7) is 0. The molecular formula is C8H6ClN2O3+. The molecule has 0 amide bonds. The lowest BCUT2D eigenvalue weighted by molar-refractivity contribution is -0.137. The second kappa shape index (κ2) is 3.94. The van der Waals surface area contributed by atoms with Gasteiger partial charge in [-0.3, -0.25) is 0 Å². The van der Waals surface area contributed by atoms with Crippen LogP contribution in [0.3, 0.4) is 0 Å². The molecule has 0 saturated carbocycles. The van der Waals surface area contributed by atoms with Gasteiger partial charge in [0.25, 0.3) is 0 Å². The molecule has 1 aromatic carbocycles. The van der Waals surface area contributed by atoms with E-state index in [1.807, 2.05) is 0 Å². The van der Waals surface area contributed by atoms with Gasteiger partial charge in [0.1, 0.15) is 10.7 Å². The van der Waals surface area contributed by atoms with Crippen molar-refractivity contribution in [2.45, 2.75) is 6.04 Å². The number of benzene rings is 1. The highest BCUT2D eigenvalue weighted by atomic mass is 35.5. The minimum atomic E-state index is -1.49. The van der Waals surface area contributed by atoms with Crippen LogP contribution >= 0.6 is 11.6 Å². The molecule has 0 radical (unpaired) electrons. The van der Waals surface area contributed by atoms with Gasteiger partial charge in [0, 0.05) is 5.02 Å². The van der Waals surface area contributed by atoms with Crippen LogP contribution in [0.15, 0.2) is 18.2 Å². The third kappa shape index (κ3) is 1.92. The summed E-state index contributed by atoms with van der Waals surface area (Å²) in [7, 11) is 0. The van der Waals surface area contributed by atoms with E-state index >= 15 is 0 Å². The number of aromatic hydroxyl groups is 1. The lowest BCUT2D eigenvalue weighted by atomic mass is 10.1. The molecule has 0 fully saturated rings. The van der Waals surface area contributed by atoms with Gasteiger partial charge in [0.2, 0.25) is 5.39 Å². The van der Waals surface area contributed by atoms with Gasteiger partial charge in [-0.25, -0.2) is 4.79 Å². The van der Waals surface area contributed by atoms with E-state index in [1.165, 1.54) is 18.2 Å². The standard InChI is InChI=1S/C8H5ClN2O3/c9-4-1-2-5(6(12)3-4)7(11-10)8(13)14/h1-3,7H,(H-,12,13,14)/p+1. The van der Waals surface area contributed by atoms with Crippen LogP contribution in [0.25, 0.3) is 4.98 Å². The first kappa shape index (κ1) is 10.3. The smallest absolute Gasteiger partial charge is 0.436 e. The quantitative estimate of drug-likeness (QED) is 0.736. The normalized spacial score (nSPS) is 11.7. The summed E-state index contributed by atoms with van der Waals surface area (Å²) in [6.07, 6.45) is 0. The Morgan fingerprint density at radius 1 is 1.57 bits per heavy atom. The summed E-state index contributed by atoms with van der Waals surface area (Å²) < 4.78 is 0. The Morgan fingerprint density at radius 2 is 2.21 bits per heavy atom. The van der Waals surface area contributed by atoms with Crippen LogP contribution in [0.1, 0.15) is 11.6 Å². The average Bonchev–Trinajstić information content (AvgIpc) is 2.09. The first-order chi connectivity index (χ1) is 6.56. The van der Waals surface area contributed by atoms with Crippen LogP contribution < -0.4 is 0 Å². The molecule has 1 rings (SSSR count). The molecule has 72 valence electrons. The van der Waals surface area contributed by atoms with E-state index in [1.54, 1.807) is 0 Å². The van der Waals surface area contributed by atoms with Crippen molar-refractivity contribution in [2.75, 3.05) is 0 Å². The Kier molecular flexibility index (Phi) is 2.89. The van der Waals surface area contributed by atoms with Gasteiger partial charge in [-0.05, 0) is 18.2 Å². The largest absolute Gasteiger partial charge is 0.507 e. The Morgan fingerprint density at radius 3 is 2.64 bits per heavy atom. The van der Waals surface area contributed by atoms with E-state index in [2.05, 4.69) is 4.98 Å². The number of hydrogen-bond donors (Lipinski definition) is 2. The van der Waals surface area contributed by atoms with Gasteiger partial charge in [-0.2, -0.15) is 0 Å². The van der Waals surface area contributed by atoms with Crippen molar-refractivity contribution in [3.05, 3.63) is 33.8 Å². The van der Waals surface area contributed by atoms with E-state index in [-0.39, 0.29) is 16.3 Å². The predicted octanol–water partition coefficient (Wildman–Crippen LogP) is 2.02. The van der Waals surface area contributed by atoms with Crippen molar-refractivity contribution in [3.63, 3.8) is 0 Å². The maximum Gasteiger partial charge on any atom is 0.436 e. The van der Waals surface area contributed by atoms with Gasteiger partial charge in [-0.1, -0.05) is 11.6 Å². The SMILES string of the molecule is N#[N+]C(C(=O)O)c1ccc(Cl)cc1O. The van der Waals surface area contributed by atoms with Crippen LogP contribution in [0.2, 0.25) is 5.02 Å². The Hall–Kier alpha value is -1.80. The van der Waals surface area contributed by atoms with Crippen LogP contribution in [0.5, 0.6) is 5.75 Å². The van der Waals surface area contributed by atoms with Gasteiger partial charge in [0.15, 0.2) is 0 Å². The zero-order valence-electron chi connectivity index (χ0n) is 6.88. The highest BCUT2D eigenvalue weighted by Crippen LogP contribution is 2.29. The molecule has 0 aliphatic rings. The summed E-state index contributed by atoms with van der Waals surface area (Å²) in [5.41, 5.74) is -0.00981. The van der Waals surface area contributed by atoms with Gasteiger partial charge < -0.3 is 10.2 Å². The number of hydrogen-bond acceptors (Lipinski definition) is 3. The van der Waals surface area contributed by atoms with Crippen molar-refractivity contribution in [3.8, 4) is 5.75 Å². The number of nitrogens with zero attached hydrogens (tertiary/aromatic N) is 2. The van der Waals surface area contributed by atoms with E-state index in [0.717, 1.165) is 0 Å². The molecule has 0 heterocycles. The van der Waals surface area contributed by atoms with Crippen molar-refractivity contribution in [1.82, 2.24) is 0 Å². The number of diazo groups is 1. The number of phenols is 1. The molecule has 0 bridgehead atoms. The lowest BCUT2D eigenvalue weighted by Crippen LogP contribution is -2.07. The molecule has 14 heavy (non-hydrogen) atoms.